The molecular weight excluding hydrogens is 158 g/mol. The van der Waals surface area contributed by atoms with Crippen LogP contribution in [-0.2, 0) is 4.79 Å². The molecule has 9 heavy (non-hydrogen) atoms. The third kappa shape index (κ3) is 7.45. The van der Waals surface area contributed by atoms with E-state index in [1.54, 1.807) is 0 Å². The lowest BCUT2D eigenvalue weighted by molar-refractivity contribution is -0.131. The monoisotopic (exact) mass is 163 g/mol. The first-order chi connectivity index (χ1) is 4.13. The van der Waals surface area contributed by atoms with Gasteiger partial charge in [-0.1, -0.05) is 24.0 Å². The summed E-state index contributed by atoms with van der Waals surface area (Å²) in [5.74, 6) is -1.00. The molecule has 0 atom stereocenters. The number of carboxylic acid groups (broad SMARTS) is 1. The molecule has 0 aliphatic rings. The summed E-state index contributed by atoms with van der Waals surface area (Å²) in [5, 5.41) is 9.37. The molecule has 3 N–H and O–H groups in total. The second-order valence-corrected chi connectivity index (χ2v) is 2.72. The van der Waals surface area contributed by atoms with Gasteiger partial charge >= 0.3 is 5.97 Å². The standard InChI is InChI=1S/C4H5NO2S2/c5-4(8)9-2-1-3(6)7/h1-2H,(H2,5,8)(H,6,7)/b2-1+. The van der Waals surface area contributed by atoms with Gasteiger partial charge in [-0.3, -0.25) is 0 Å². The summed E-state index contributed by atoms with van der Waals surface area (Å²) in [7, 11) is 0. The van der Waals surface area contributed by atoms with E-state index in [2.05, 4.69) is 12.2 Å². The van der Waals surface area contributed by atoms with E-state index in [0.29, 0.717) is 0 Å². The molecule has 0 aromatic rings. The fraction of sp³-hybridized carbons (Fsp3) is 0. The minimum Gasteiger partial charge on any atom is -0.478 e. The normalized spacial score (nSPS) is 9.78. The van der Waals surface area contributed by atoms with E-state index in [1.807, 2.05) is 0 Å². The number of nitrogens with two attached hydrogens (primary N) is 1. The maximum Gasteiger partial charge on any atom is 0.328 e. The van der Waals surface area contributed by atoms with Crippen molar-refractivity contribution in [2.24, 2.45) is 5.73 Å². The third-order valence-corrected chi connectivity index (χ3v) is 1.19. The molecule has 0 bridgehead atoms. The number of thiocarbonyl (C=S) groups is 1. The van der Waals surface area contributed by atoms with Gasteiger partial charge in [0.15, 0.2) is 0 Å². The summed E-state index contributed by atoms with van der Waals surface area (Å²) in [6.45, 7) is 0. The Kier molecular flexibility index (Phi) is 4.08. The lowest BCUT2D eigenvalue weighted by Crippen LogP contribution is -1.99. The van der Waals surface area contributed by atoms with Crippen LogP contribution in [0, 0.1) is 0 Å². The Morgan fingerprint density at radius 1 is 1.78 bits per heavy atom. The van der Waals surface area contributed by atoms with Crippen molar-refractivity contribution in [3.63, 3.8) is 0 Å². The molecule has 0 saturated carbocycles. The van der Waals surface area contributed by atoms with Gasteiger partial charge in [0.05, 0.1) is 0 Å². The van der Waals surface area contributed by atoms with Crippen molar-refractivity contribution in [2.45, 2.75) is 0 Å². The summed E-state index contributed by atoms with van der Waals surface area (Å²) in [5.41, 5.74) is 5.03. The van der Waals surface area contributed by atoms with Crippen molar-refractivity contribution in [2.75, 3.05) is 0 Å². The van der Waals surface area contributed by atoms with E-state index in [4.69, 9.17) is 10.8 Å². The number of hydrogen-bond donors (Lipinski definition) is 2. The van der Waals surface area contributed by atoms with Crippen LogP contribution in [0.15, 0.2) is 11.5 Å². The lowest BCUT2D eigenvalue weighted by atomic mass is 10.7. The van der Waals surface area contributed by atoms with Gasteiger partial charge in [0.1, 0.15) is 4.32 Å². The first-order valence-electron chi connectivity index (χ1n) is 1.98. The molecule has 0 aliphatic carbocycles. The highest BCUT2D eigenvalue weighted by molar-refractivity contribution is 8.24. The van der Waals surface area contributed by atoms with Gasteiger partial charge in [-0.25, -0.2) is 4.79 Å². The molecule has 0 aromatic heterocycles. The Hall–Kier alpha value is -0.550. The minimum absolute atomic E-state index is 0.215. The molecule has 0 aliphatic heterocycles. The van der Waals surface area contributed by atoms with E-state index in [0.717, 1.165) is 17.8 Å². The van der Waals surface area contributed by atoms with Crippen molar-refractivity contribution in [3.05, 3.63) is 11.5 Å². The van der Waals surface area contributed by atoms with E-state index in [9.17, 15) is 4.79 Å². The SMILES string of the molecule is NC(=S)S/C=C/C(=O)O. The van der Waals surface area contributed by atoms with Crippen molar-refractivity contribution >= 4 is 34.3 Å². The lowest BCUT2D eigenvalue weighted by Gasteiger charge is -1.83. The van der Waals surface area contributed by atoms with Crippen molar-refractivity contribution in [3.8, 4) is 0 Å². The molecule has 0 saturated heterocycles. The van der Waals surface area contributed by atoms with E-state index < -0.39 is 5.97 Å². The van der Waals surface area contributed by atoms with Crippen molar-refractivity contribution in [1.82, 2.24) is 0 Å². The average Bonchev–Trinajstić information content (AvgIpc) is 1.63. The van der Waals surface area contributed by atoms with Crippen LogP contribution in [0.4, 0.5) is 0 Å². The summed E-state index contributed by atoms with van der Waals surface area (Å²) in [6, 6.07) is 0. The number of carbonyl (C=O) groups is 1. The summed E-state index contributed by atoms with van der Waals surface area (Å²) < 4.78 is 0.215. The molecule has 0 fully saturated rings. The second kappa shape index (κ2) is 4.34. The Balaban J connectivity index is 3.48. The summed E-state index contributed by atoms with van der Waals surface area (Å²) in [6.07, 6.45) is 0.976. The third-order valence-electron chi connectivity index (χ3n) is 0.395. The van der Waals surface area contributed by atoms with Gasteiger partial charge in [0, 0.05) is 6.08 Å². The Labute approximate surface area is 61.9 Å². The zero-order valence-electron chi connectivity index (χ0n) is 4.40. The molecular formula is C4H5NO2S2. The molecule has 0 unspecified atom stereocenters. The molecule has 5 heteroatoms. The molecule has 50 valence electrons. The second-order valence-electron chi connectivity index (χ2n) is 1.08. The maximum absolute atomic E-state index is 9.80. The first-order valence-corrected chi connectivity index (χ1v) is 3.27. The molecule has 3 nitrogen and oxygen atoms in total. The number of aliphatic carboxylic acids is 1. The van der Waals surface area contributed by atoms with Crippen LogP contribution in [0.1, 0.15) is 0 Å². The van der Waals surface area contributed by atoms with Gasteiger partial charge < -0.3 is 10.8 Å². The minimum atomic E-state index is -1.00. The predicted molar refractivity (Wildman–Crippen MR) is 41.2 cm³/mol. The number of carboxylic acids is 1. The Morgan fingerprint density at radius 3 is 2.67 bits per heavy atom. The van der Waals surface area contributed by atoms with Gasteiger partial charge in [0.25, 0.3) is 0 Å². The number of thioether (sulfide) groups is 1. The zero-order chi connectivity index (χ0) is 7.28. The fourth-order valence-electron chi connectivity index (χ4n) is 0.159. The van der Waals surface area contributed by atoms with E-state index in [1.165, 1.54) is 5.41 Å². The summed E-state index contributed by atoms with van der Waals surface area (Å²) >= 11 is 5.45. The van der Waals surface area contributed by atoms with Crippen LogP contribution < -0.4 is 5.73 Å². The summed E-state index contributed by atoms with van der Waals surface area (Å²) in [4.78, 5) is 9.80. The highest BCUT2D eigenvalue weighted by Crippen LogP contribution is 1.99. The Morgan fingerprint density at radius 2 is 2.33 bits per heavy atom. The Bertz CT molecular complexity index is 155. The van der Waals surface area contributed by atoms with Crippen molar-refractivity contribution in [1.29, 1.82) is 0 Å². The molecule has 0 heterocycles. The van der Waals surface area contributed by atoms with Crippen LogP contribution in [0.2, 0.25) is 0 Å². The van der Waals surface area contributed by atoms with Crippen LogP contribution in [0.3, 0.4) is 0 Å². The molecule has 0 rings (SSSR count). The van der Waals surface area contributed by atoms with E-state index in [-0.39, 0.29) is 4.32 Å². The highest BCUT2D eigenvalue weighted by atomic mass is 32.2. The highest BCUT2D eigenvalue weighted by Gasteiger charge is 1.85. The van der Waals surface area contributed by atoms with Crippen LogP contribution in [-0.4, -0.2) is 15.4 Å². The molecule has 0 spiro atoms. The molecule has 0 aromatic carbocycles. The van der Waals surface area contributed by atoms with Crippen LogP contribution in [0.25, 0.3) is 0 Å². The van der Waals surface area contributed by atoms with Crippen molar-refractivity contribution < 1.29 is 9.90 Å². The average molecular weight is 163 g/mol. The largest absolute Gasteiger partial charge is 0.478 e. The maximum atomic E-state index is 9.80. The van der Waals surface area contributed by atoms with Crippen LogP contribution in [0.5, 0.6) is 0 Å². The van der Waals surface area contributed by atoms with Crippen LogP contribution >= 0.6 is 24.0 Å². The van der Waals surface area contributed by atoms with Gasteiger partial charge in [-0.2, -0.15) is 0 Å². The first kappa shape index (κ1) is 8.45. The number of hydrogen-bond acceptors (Lipinski definition) is 3. The molecule has 0 radical (unpaired) electrons. The topological polar surface area (TPSA) is 63.3 Å². The smallest absolute Gasteiger partial charge is 0.328 e. The van der Waals surface area contributed by atoms with E-state index >= 15 is 0 Å². The van der Waals surface area contributed by atoms with Gasteiger partial charge in [-0.05, 0) is 5.41 Å². The number of rotatable bonds is 2. The zero-order valence-corrected chi connectivity index (χ0v) is 6.04. The quantitative estimate of drug-likeness (QED) is 0.460. The fourth-order valence-corrected chi connectivity index (χ4v) is 0.645. The molecule has 0 amide bonds. The van der Waals surface area contributed by atoms with Gasteiger partial charge in [0.2, 0.25) is 0 Å². The van der Waals surface area contributed by atoms with Gasteiger partial charge in [-0.15, -0.1) is 0 Å². The predicted octanol–water partition coefficient (Wildman–Crippen LogP) is 0.562.